The van der Waals surface area contributed by atoms with Crippen LogP contribution in [0.2, 0.25) is 0 Å². The molecule has 0 spiro atoms. The molecule has 1 amide bonds. The molecule has 134 valence electrons. The van der Waals surface area contributed by atoms with E-state index in [0.29, 0.717) is 12.1 Å². The lowest BCUT2D eigenvalue weighted by Gasteiger charge is -2.18. The van der Waals surface area contributed by atoms with Crippen LogP contribution in [0.25, 0.3) is 11.1 Å². The van der Waals surface area contributed by atoms with Gasteiger partial charge in [0.05, 0.1) is 12.3 Å². The third-order valence-electron chi connectivity index (χ3n) is 4.81. The molecule has 4 N–H and O–H groups in total. The second-order valence-electron chi connectivity index (χ2n) is 6.54. The Balaban J connectivity index is 1.89. The molecule has 2 unspecified atom stereocenters. The number of nitrogens with zero attached hydrogens (tertiary/aromatic N) is 1. The van der Waals surface area contributed by atoms with Gasteiger partial charge in [-0.05, 0) is 23.1 Å². The summed E-state index contributed by atoms with van der Waals surface area (Å²) in [6.07, 6.45) is -0.103. The molecule has 0 aliphatic carbocycles. The van der Waals surface area contributed by atoms with Crippen molar-refractivity contribution < 1.29 is 14.7 Å². The normalized spacial score (nSPS) is 19.3. The third-order valence-corrected chi connectivity index (χ3v) is 4.81. The fraction of sp³-hybridized carbons (Fsp3) is 0.250. The van der Waals surface area contributed by atoms with Crippen molar-refractivity contribution in [3.8, 4) is 11.1 Å². The summed E-state index contributed by atoms with van der Waals surface area (Å²) >= 11 is 0. The fourth-order valence-corrected chi connectivity index (χ4v) is 3.53. The molecule has 0 bridgehead atoms. The van der Waals surface area contributed by atoms with E-state index >= 15 is 0 Å². The highest BCUT2D eigenvalue weighted by Crippen LogP contribution is 2.30. The van der Waals surface area contributed by atoms with Gasteiger partial charge in [0.25, 0.3) is 5.91 Å². The number of nitrogens with two attached hydrogens (primary N) is 1. The molecule has 1 aliphatic heterocycles. The van der Waals surface area contributed by atoms with Crippen LogP contribution in [0, 0.1) is 17.2 Å². The summed E-state index contributed by atoms with van der Waals surface area (Å²) in [7, 11) is 0. The summed E-state index contributed by atoms with van der Waals surface area (Å²) < 4.78 is 0. The van der Waals surface area contributed by atoms with Gasteiger partial charge < -0.3 is 15.7 Å². The van der Waals surface area contributed by atoms with Gasteiger partial charge in [0, 0.05) is 24.6 Å². The highest BCUT2D eigenvalue weighted by atomic mass is 16.4. The molecule has 0 radical (unpaired) electrons. The first-order valence-electron chi connectivity index (χ1n) is 8.46. The van der Waals surface area contributed by atoms with Crippen molar-refractivity contribution >= 4 is 17.7 Å². The van der Waals surface area contributed by atoms with Crippen molar-refractivity contribution in [3.63, 3.8) is 0 Å². The first-order chi connectivity index (χ1) is 12.5. The minimum Gasteiger partial charge on any atom is -0.481 e. The molecule has 2 atom stereocenters. The molecule has 6 nitrogen and oxygen atoms in total. The van der Waals surface area contributed by atoms with Crippen LogP contribution in [0.15, 0.2) is 54.6 Å². The van der Waals surface area contributed by atoms with E-state index in [1.54, 1.807) is 11.0 Å². The van der Waals surface area contributed by atoms with Crippen molar-refractivity contribution in [2.75, 3.05) is 13.1 Å². The van der Waals surface area contributed by atoms with Crippen LogP contribution < -0.4 is 5.73 Å². The van der Waals surface area contributed by atoms with Crippen molar-refractivity contribution in [1.82, 2.24) is 4.90 Å². The van der Waals surface area contributed by atoms with Gasteiger partial charge in [0.2, 0.25) is 0 Å². The van der Waals surface area contributed by atoms with Crippen molar-refractivity contribution in [2.24, 2.45) is 17.6 Å². The number of rotatable bonds is 5. The number of nitrogens with one attached hydrogen (secondary N) is 1. The van der Waals surface area contributed by atoms with E-state index in [0.717, 1.165) is 11.1 Å². The summed E-state index contributed by atoms with van der Waals surface area (Å²) in [5, 5.41) is 16.8. The Hall–Kier alpha value is -3.15. The molecule has 1 heterocycles. The van der Waals surface area contributed by atoms with E-state index in [2.05, 4.69) is 0 Å². The molecular formula is C20H21N3O3. The molecule has 2 aromatic carbocycles. The number of carboxylic acid groups (broad SMARTS) is 1. The van der Waals surface area contributed by atoms with Crippen LogP contribution in [-0.4, -0.2) is 40.8 Å². The van der Waals surface area contributed by atoms with Gasteiger partial charge in [0.15, 0.2) is 0 Å². The Kier molecular flexibility index (Phi) is 5.02. The number of amidine groups is 1. The minimum absolute atomic E-state index is 0.0668. The smallest absolute Gasteiger partial charge is 0.303 e. The zero-order chi connectivity index (χ0) is 18.7. The number of benzene rings is 2. The summed E-state index contributed by atoms with van der Waals surface area (Å²) in [6.45, 7) is 0.563. The van der Waals surface area contributed by atoms with Gasteiger partial charge in [-0.2, -0.15) is 0 Å². The quantitative estimate of drug-likeness (QED) is 0.568. The minimum atomic E-state index is -0.944. The van der Waals surface area contributed by atoms with Gasteiger partial charge in [-0.15, -0.1) is 0 Å². The Morgan fingerprint density at radius 1 is 1.08 bits per heavy atom. The van der Waals surface area contributed by atoms with Crippen LogP contribution >= 0.6 is 0 Å². The second kappa shape index (κ2) is 7.39. The van der Waals surface area contributed by atoms with Crippen LogP contribution in [-0.2, 0) is 4.79 Å². The molecule has 3 rings (SSSR count). The first-order valence-corrected chi connectivity index (χ1v) is 8.46. The van der Waals surface area contributed by atoms with Crippen molar-refractivity contribution in [1.29, 1.82) is 5.41 Å². The summed E-state index contributed by atoms with van der Waals surface area (Å²) in [5.74, 6) is -1.93. The topological polar surface area (TPSA) is 107 Å². The van der Waals surface area contributed by atoms with Crippen molar-refractivity contribution in [2.45, 2.75) is 6.42 Å². The third kappa shape index (κ3) is 3.59. The van der Waals surface area contributed by atoms with Gasteiger partial charge in [-0.3, -0.25) is 15.0 Å². The maximum absolute atomic E-state index is 13.1. The number of carbonyl (C=O) groups is 2. The second-order valence-corrected chi connectivity index (χ2v) is 6.54. The molecule has 1 aliphatic rings. The molecule has 1 fully saturated rings. The first kappa shape index (κ1) is 17.7. The van der Waals surface area contributed by atoms with Gasteiger partial charge in [0.1, 0.15) is 0 Å². The molecule has 1 saturated heterocycles. The molecule has 26 heavy (non-hydrogen) atoms. The number of amides is 1. The lowest BCUT2D eigenvalue weighted by Crippen LogP contribution is -2.32. The number of likely N-dealkylation sites (tertiary alicyclic amines) is 1. The lowest BCUT2D eigenvalue weighted by atomic mass is 9.92. The van der Waals surface area contributed by atoms with E-state index in [1.165, 1.54) is 0 Å². The largest absolute Gasteiger partial charge is 0.481 e. The van der Waals surface area contributed by atoms with Crippen LogP contribution in [0.1, 0.15) is 16.8 Å². The number of hydrogen-bond acceptors (Lipinski definition) is 3. The zero-order valence-corrected chi connectivity index (χ0v) is 14.3. The molecule has 0 saturated carbocycles. The predicted octanol–water partition coefficient (Wildman–Crippen LogP) is 2.45. The molecule has 2 aromatic rings. The van der Waals surface area contributed by atoms with Crippen LogP contribution in [0.5, 0.6) is 0 Å². The van der Waals surface area contributed by atoms with E-state index in [9.17, 15) is 9.59 Å². The number of carbonyl (C=O) groups excluding carboxylic acids is 1. The maximum Gasteiger partial charge on any atom is 0.303 e. The predicted molar refractivity (Wildman–Crippen MR) is 98.9 cm³/mol. The SMILES string of the molecule is N=C(N)C1CN(C(=O)c2ccccc2-c2ccccc2)CC1CC(=O)O. The number of carboxylic acids is 1. The fourth-order valence-electron chi connectivity index (χ4n) is 3.53. The van der Waals surface area contributed by atoms with E-state index in [-0.39, 0.29) is 30.6 Å². The highest BCUT2D eigenvalue weighted by molar-refractivity contribution is 6.01. The maximum atomic E-state index is 13.1. The van der Waals surface area contributed by atoms with Crippen LogP contribution in [0.4, 0.5) is 0 Å². The Bertz CT molecular complexity index is 835. The molecule has 6 heteroatoms. The van der Waals surface area contributed by atoms with Gasteiger partial charge >= 0.3 is 5.97 Å². The summed E-state index contributed by atoms with van der Waals surface area (Å²) in [6, 6.07) is 17.0. The molecule has 0 aromatic heterocycles. The monoisotopic (exact) mass is 351 g/mol. The van der Waals surface area contributed by atoms with Crippen molar-refractivity contribution in [3.05, 3.63) is 60.2 Å². The molecular weight excluding hydrogens is 330 g/mol. The number of aliphatic carboxylic acids is 1. The Labute approximate surface area is 151 Å². The zero-order valence-electron chi connectivity index (χ0n) is 14.3. The van der Waals surface area contributed by atoms with Gasteiger partial charge in [-0.1, -0.05) is 48.5 Å². The van der Waals surface area contributed by atoms with E-state index < -0.39 is 11.9 Å². The standard InChI is InChI=1S/C20H21N3O3/c21-19(22)17-12-23(11-14(17)10-18(24)25)20(26)16-9-5-4-8-15(16)13-6-2-1-3-7-13/h1-9,14,17H,10-12H2,(H3,21,22)(H,24,25). The van der Waals surface area contributed by atoms with Gasteiger partial charge in [-0.25, -0.2) is 0 Å². The average Bonchev–Trinajstić information content (AvgIpc) is 3.05. The number of hydrogen-bond donors (Lipinski definition) is 3. The Morgan fingerprint density at radius 3 is 2.38 bits per heavy atom. The lowest BCUT2D eigenvalue weighted by molar-refractivity contribution is -0.138. The van der Waals surface area contributed by atoms with E-state index in [1.807, 2.05) is 48.5 Å². The summed E-state index contributed by atoms with van der Waals surface area (Å²) in [4.78, 5) is 25.8. The average molecular weight is 351 g/mol. The highest BCUT2D eigenvalue weighted by Gasteiger charge is 2.38. The van der Waals surface area contributed by atoms with E-state index in [4.69, 9.17) is 16.2 Å². The van der Waals surface area contributed by atoms with Crippen LogP contribution in [0.3, 0.4) is 0 Å². The summed E-state index contributed by atoms with van der Waals surface area (Å²) in [5.41, 5.74) is 7.98. The Morgan fingerprint density at radius 2 is 1.73 bits per heavy atom.